The van der Waals surface area contributed by atoms with E-state index in [1.807, 2.05) is 31.3 Å². The highest BCUT2D eigenvalue weighted by Crippen LogP contribution is 2.05. The van der Waals surface area contributed by atoms with Crippen molar-refractivity contribution in [2.24, 2.45) is 4.99 Å². The molecule has 0 saturated carbocycles. The molecule has 25 heavy (non-hydrogen) atoms. The molecule has 2 heterocycles. The van der Waals surface area contributed by atoms with Gasteiger partial charge in [-0.25, -0.2) is 9.67 Å². The molecule has 0 amide bonds. The molecule has 0 bridgehead atoms. The Kier molecular flexibility index (Phi) is 10.8. The second kappa shape index (κ2) is 12.6. The first-order chi connectivity index (χ1) is 11.8. The molecule has 2 aromatic rings. The maximum atomic E-state index is 5.33. The number of halogens is 1. The Hall–Kier alpha value is -1.68. The van der Waals surface area contributed by atoms with Gasteiger partial charge in [-0.3, -0.25) is 4.99 Å². The van der Waals surface area contributed by atoms with Gasteiger partial charge in [-0.2, -0.15) is 5.10 Å². The van der Waals surface area contributed by atoms with Gasteiger partial charge in [-0.15, -0.1) is 24.0 Å². The monoisotopic (exact) mass is 458 g/mol. The van der Waals surface area contributed by atoms with Crippen LogP contribution in [0.4, 0.5) is 0 Å². The number of hydrogen-bond donors (Lipinski definition) is 2. The molecule has 8 heteroatoms. The zero-order valence-electron chi connectivity index (χ0n) is 14.8. The minimum Gasteiger partial charge on any atom is -0.382 e. The Balaban J connectivity index is 0.00000312. The second-order valence-electron chi connectivity index (χ2n) is 5.23. The van der Waals surface area contributed by atoms with Gasteiger partial charge in [0.2, 0.25) is 0 Å². The largest absolute Gasteiger partial charge is 0.382 e. The van der Waals surface area contributed by atoms with Gasteiger partial charge < -0.3 is 15.4 Å². The smallest absolute Gasteiger partial charge is 0.191 e. The van der Waals surface area contributed by atoms with Crippen LogP contribution in [0.15, 0.2) is 41.8 Å². The number of nitrogens with zero attached hydrogens (tertiary/aromatic N) is 4. The SMILES string of the molecule is CCOCCCCNC(=NC)NCc1ccnc(-n2cccn2)c1.I. The molecular formula is C17H27IN6O. The summed E-state index contributed by atoms with van der Waals surface area (Å²) in [6, 6.07) is 5.87. The third-order valence-electron chi connectivity index (χ3n) is 3.44. The summed E-state index contributed by atoms with van der Waals surface area (Å²) in [7, 11) is 1.78. The van der Waals surface area contributed by atoms with Crippen LogP contribution in [-0.4, -0.2) is 47.5 Å². The van der Waals surface area contributed by atoms with E-state index in [0.717, 1.165) is 49.9 Å². The minimum absolute atomic E-state index is 0. The first-order valence-electron chi connectivity index (χ1n) is 8.30. The third-order valence-corrected chi connectivity index (χ3v) is 3.44. The van der Waals surface area contributed by atoms with Gasteiger partial charge in [-0.1, -0.05) is 0 Å². The van der Waals surface area contributed by atoms with Gasteiger partial charge in [0.15, 0.2) is 11.8 Å². The Morgan fingerprint density at radius 1 is 1.28 bits per heavy atom. The maximum Gasteiger partial charge on any atom is 0.191 e. The van der Waals surface area contributed by atoms with Crippen molar-refractivity contribution in [1.82, 2.24) is 25.4 Å². The summed E-state index contributed by atoms with van der Waals surface area (Å²) >= 11 is 0. The Morgan fingerprint density at radius 3 is 2.88 bits per heavy atom. The molecule has 0 saturated heterocycles. The van der Waals surface area contributed by atoms with Crippen molar-refractivity contribution in [3.05, 3.63) is 42.4 Å². The van der Waals surface area contributed by atoms with E-state index in [0.29, 0.717) is 6.54 Å². The summed E-state index contributed by atoms with van der Waals surface area (Å²) in [5, 5.41) is 10.8. The summed E-state index contributed by atoms with van der Waals surface area (Å²) in [5.74, 6) is 1.60. The van der Waals surface area contributed by atoms with Crippen molar-refractivity contribution < 1.29 is 4.74 Å². The Bertz CT molecular complexity index is 617. The van der Waals surface area contributed by atoms with Crippen LogP contribution in [0.2, 0.25) is 0 Å². The van der Waals surface area contributed by atoms with Crippen molar-refractivity contribution in [3.8, 4) is 5.82 Å². The van der Waals surface area contributed by atoms with Gasteiger partial charge in [0.1, 0.15) is 0 Å². The predicted molar refractivity (Wildman–Crippen MR) is 111 cm³/mol. The molecule has 0 atom stereocenters. The number of ether oxygens (including phenoxy) is 1. The van der Waals surface area contributed by atoms with Crippen molar-refractivity contribution in [1.29, 1.82) is 0 Å². The van der Waals surface area contributed by atoms with Gasteiger partial charge in [-0.05, 0) is 43.5 Å². The number of unbranched alkanes of at least 4 members (excludes halogenated alkanes) is 1. The number of aliphatic imine (C=N–C) groups is 1. The summed E-state index contributed by atoms with van der Waals surface area (Å²) < 4.78 is 7.07. The molecule has 0 aliphatic rings. The predicted octanol–water partition coefficient (Wildman–Crippen LogP) is 2.37. The normalized spacial score (nSPS) is 11.0. The lowest BCUT2D eigenvalue weighted by Gasteiger charge is -2.12. The number of guanidine groups is 1. The first-order valence-corrected chi connectivity index (χ1v) is 8.30. The maximum absolute atomic E-state index is 5.33. The molecule has 0 spiro atoms. The zero-order valence-corrected chi connectivity index (χ0v) is 17.1. The molecule has 2 aromatic heterocycles. The lowest BCUT2D eigenvalue weighted by Crippen LogP contribution is -2.37. The average molecular weight is 458 g/mol. The van der Waals surface area contributed by atoms with E-state index in [9.17, 15) is 0 Å². The molecule has 2 rings (SSSR count). The van der Waals surface area contributed by atoms with Crippen molar-refractivity contribution >= 4 is 29.9 Å². The van der Waals surface area contributed by atoms with E-state index in [4.69, 9.17) is 4.74 Å². The lowest BCUT2D eigenvalue weighted by atomic mass is 10.2. The molecule has 7 nitrogen and oxygen atoms in total. The van der Waals surface area contributed by atoms with Gasteiger partial charge >= 0.3 is 0 Å². The van der Waals surface area contributed by atoms with Crippen molar-refractivity contribution in [2.75, 3.05) is 26.8 Å². The second-order valence-corrected chi connectivity index (χ2v) is 5.23. The Morgan fingerprint density at radius 2 is 2.16 bits per heavy atom. The van der Waals surface area contributed by atoms with E-state index in [1.54, 1.807) is 24.1 Å². The van der Waals surface area contributed by atoms with Gasteiger partial charge in [0.25, 0.3) is 0 Å². The lowest BCUT2D eigenvalue weighted by molar-refractivity contribution is 0.143. The number of rotatable bonds is 9. The average Bonchev–Trinajstić information content (AvgIpc) is 3.15. The molecule has 0 fully saturated rings. The first kappa shape index (κ1) is 21.4. The fourth-order valence-electron chi connectivity index (χ4n) is 2.19. The van der Waals surface area contributed by atoms with Crippen LogP contribution in [0.3, 0.4) is 0 Å². The highest BCUT2D eigenvalue weighted by molar-refractivity contribution is 14.0. The van der Waals surface area contributed by atoms with Gasteiger partial charge in [0.05, 0.1) is 0 Å². The van der Waals surface area contributed by atoms with Crippen LogP contribution >= 0.6 is 24.0 Å². The van der Waals surface area contributed by atoms with Crippen LogP contribution in [0.25, 0.3) is 5.82 Å². The summed E-state index contributed by atoms with van der Waals surface area (Å²) in [6.07, 6.45) is 7.51. The van der Waals surface area contributed by atoms with E-state index in [-0.39, 0.29) is 24.0 Å². The summed E-state index contributed by atoms with van der Waals surface area (Å²) in [5.41, 5.74) is 1.12. The van der Waals surface area contributed by atoms with E-state index in [2.05, 4.69) is 25.7 Å². The van der Waals surface area contributed by atoms with Crippen LogP contribution in [0.5, 0.6) is 0 Å². The molecule has 0 unspecified atom stereocenters. The number of hydrogen-bond acceptors (Lipinski definition) is 4. The molecule has 2 N–H and O–H groups in total. The van der Waals surface area contributed by atoms with Crippen molar-refractivity contribution in [3.63, 3.8) is 0 Å². The highest BCUT2D eigenvalue weighted by Gasteiger charge is 2.02. The number of aromatic nitrogens is 3. The number of nitrogens with one attached hydrogen (secondary N) is 2. The van der Waals surface area contributed by atoms with E-state index < -0.39 is 0 Å². The standard InChI is InChI=1S/C17H26N6O.HI/c1-3-24-12-5-4-8-20-17(18-2)21-14-15-7-10-19-16(13-15)23-11-6-9-22-23;/h6-7,9-11,13H,3-5,8,12,14H2,1-2H3,(H2,18,20,21);1H. The molecular weight excluding hydrogens is 431 g/mol. The fourth-order valence-corrected chi connectivity index (χ4v) is 2.19. The summed E-state index contributed by atoms with van der Waals surface area (Å²) in [4.78, 5) is 8.57. The molecule has 0 radical (unpaired) electrons. The van der Waals surface area contributed by atoms with Crippen LogP contribution in [0.1, 0.15) is 25.3 Å². The van der Waals surface area contributed by atoms with Crippen LogP contribution in [-0.2, 0) is 11.3 Å². The number of pyridine rings is 1. The zero-order chi connectivity index (χ0) is 17.0. The van der Waals surface area contributed by atoms with Gasteiger partial charge in [0, 0.05) is 51.9 Å². The topological polar surface area (TPSA) is 76.4 Å². The summed E-state index contributed by atoms with van der Waals surface area (Å²) in [6.45, 7) is 5.17. The molecule has 0 aromatic carbocycles. The van der Waals surface area contributed by atoms with Crippen LogP contribution < -0.4 is 10.6 Å². The highest BCUT2D eigenvalue weighted by atomic mass is 127. The fraction of sp³-hybridized carbons (Fsp3) is 0.471. The molecule has 138 valence electrons. The van der Waals surface area contributed by atoms with Crippen molar-refractivity contribution in [2.45, 2.75) is 26.3 Å². The van der Waals surface area contributed by atoms with E-state index >= 15 is 0 Å². The van der Waals surface area contributed by atoms with Crippen LogP contribution in [0, 0.1) is 0 Å². The van der Waals surface area contributed by atoms with E-state index in [1.165, 1.54) is 0 Å². The minimum atomic E-state index is 0. The third kappa shape index (κ3) is 7.82. The molecule has 0 aliphatic heterocycles. The Labute approximate surface area is 166 Å². The quantitative estimate of drug-likeness (QED) is 0.261. The molecule has 0 aliphatic carbocycles.